The highest BCUT2D eigenvalue weighted by Crippen LogP contribution is 2.30. The second-order valence-electron chi connectivity index (χ2n) is 5.97. The van der Waals surface area contributed by atoms with E-state index in [9.17, 15) is 8.78 Å². The number of hydrogen-bond donors (Lipinski definition) is 3. The van der Waals surface area contributed by atoms with E-state index in [1.165, 1.54) is 16.8 Å². The number of hydrogen-bond acceptors (Lipinski definition) is 6. The van der Waals surface area contributed by atoms with Crippen molar-refractivity contribution >= 4 is 28.2 Å². The third-order valence-corrected chi connectivity index (χ3v) is 4.22. The fourth-order valence-electron chi connectivity index (χ4n) is 2.87. The molecule has 2 aromatic heterocycles. The van der Waals surface area contributed by atoms with E-state index < -0.39 is 11.6 Å². The highest BCUT2D eigenvalue weighted by Gasteiger charge is 2.20. The smallest absolute Gasteiger partial charge is 0.184 e. The summed E-state index contributed by atoms with van der Waals surface area (Å²) in [5, 5.41) is 4.86. The minimum absolute atomic E-state index is 0.00528. The number of nitrogen functional groups attached to an aromatic ring is 3. The van der Waals surface area contributed by atoms with Crippen LogP contribution in [0.15, 0.2) is 42.5 Å². The zero-order valence-electron chi connectivity index (χ0n) is 14.0. The molecule has 0 radical (unpaired) electrons. The van der Waals surface area contributed by atoms with Crippen molar-refractivity contribution in [3.05, 3.63) is 59.7 Å². The first-order valence-electron chi connectivity index (χ1n) is 8.03. The molecule has 0 unspecified atom stereocenters. The van der Waals surface area contributed by atoms with Crippen LogP contribution in [-0.4, -0.2) is 19.7 Å². The standard InChI is InChI=1S/C18H15F2N7/c19-11-6-2-1-4-9(11)8-27-15-10(5-3-7-12(15)20)14(26-27)18-24-16(22)13(21)17(23)25-18/h1-7H,8,21H2,(H4,22,23,24,25). The highest BCUT2D eigenvalue weighted by atomic mass is 19.1. The summed E-state index contributed by atoms with van der Waals surface area (Å²) in [4.78, 5) is 8.22. The van der Waals surface area contributed by atoms with Gasteiger partial charge >= 0.3 is 0 Å². The molecule has 4 aromatic rings. The Labute approximate surface area is 152 Å². The van der Waals surface area contributed by atoms with Crippen LogP contribution in [0.3, 0.4) is 0 Å². The Hall–Kier alpha value is -3.75. The quantitative estimate of drug-likeness (QED) is 0.512. The van der Waals surface area contributed by atoms with Crippen LogP contribution < -0.4 is 17.2 Å². The summed E-state index contributed by atoms with van der Waals surface area (Å²) < 4.78 is 30.0. The molecule has 2 aromatic carbocycles. The summed E-state index contributed by atoms with van der Waals surface area (Å²) in [5.41, 5.74) is 18.1. The number of nitrogens with two attached hydrogens (primary N) is 3. The molecule has 7 nitrogen and oxygen atoms in total. The van der Waals surface area contributed by atoms with Gasteiger partial charge in [-0.05, 0) is 12.1 Å². The third kappa shape index (κ3) is 2.78. The molecule has 0 aliphatic rings. The van der Waals surface area contributed by atoms with Crippen molar-refractivity contribution in [3.63, 3.8) is 0 Å². The van der Waals surface area contributed by atoms with Crippen molar-refractivity contribution in [2.75, 3.05) is 17.2 Å². The molecule has 9 heteroatoms. The fourth-order valence-corrected chi connectivity index (χ4v) is 2.87. The molecule has 136 valence electrons. The predicted molar refractivity (Wildman–Crippen MR) is 99.5 cm³/mol. The molecule has 2 heterocycles. The van der Waals surface area contributed by atoms with Crippen LogP contribution in [0.5, 0.6) is 0 Å². The first-order valence-corrected chi connectivity index (χ1v) is 8.03. The number of anilines is 3. The van der Waals surface area contributed by atoms with Crippen LogP contribution in [0.25, 0.3) is 22.4 Å². The van der Waals surface area contributed by atoms with Crippen molar-refractivity contribution < 1.29 is 8.78 Å². The van der Waals surface area contributed by atoms with Crippen molar-refractivity contribution in [1.29, 1.82) is 0 Å². The highest BCUT2D eigenvalue weighted by molar-refractivity contribution is 5.93. The lowest BCUT2D eigenvalue weighted by molar-refractivity contribution is 0.581. The van der Waals surface area contributed by atoms with Crippen LogP contribution in [0, 0.1) is 11.6 Å². The van der Waals surface area contributed by atoms with Crippen molar-refractivity contribution in [2.45, 2.75) is 6.54 Å². The maximum Gasteiger partial charge on any atom is 0.184 e. The normalized spacial score (nSPS) is 11.2. The zero-order chi connectivity index (χ0) is 19.1. The van der Waals surface area contributed by atoms with Crippen LogP contribution in [0.2, 0.25) is 0 Å². The SMILES string of the molecule is Nc1nc(-c2nn(Cc3ccccc3F)c3c(F)cccc23)nc(N)c1N. The first kappa shape index (κ1) is 16.7. The van der Waals surface area contributed by atoms with Gasteiger partial charge in [0, 0.05) is 10.9 Å². The van der Waals surface area contributed by atoms with E-state index in [-0.39, 0.29) is 40.9 Å². The van der Waals surface area contributed by atoms with Gasteiger partial charge in [-0.15, -0.1) is 0 Å². The summed E-state index contributed by atoms with van der Waals surface area (Å²) in [6, 6.07) is 10.7. The Kier molecular flexibility index (Phi) is 3.84. The zero-order valence-corrected chi connectivity index (χ0v) is 14.0. The summed E-state index contributed by atoms with van der Waals surface area (Å²) in [5.74, 6) is -0.784. The lowest BCUT2D eigenvalue weighted by Gasteiger charge is -2.05. The second-order valence-corrected chi connectivity index (χ2v) is 5.97. The molecular formula is C18H15F2N7. The summed E-state index contributed by atoms with van der Waals surface area (Å²) >= 11 is 0. The minimum Gasteiger partial charge on any atom is -0.393 e. The number of fused-ring (bicyclic) bond motifs is 1. The molecular weight excluding hydrogens is 352 g/mol. The summed E-state index contributed by atoms with van der Waals surface area (Å²) in [7, 11) is 0. The van der Waals surface area contributed by atoms with Crippen molar-refractivity contribution in [2.24, 2.45) is 0 Å². The van der Waals surface area contributed by atoms with Gasteiger partial charge < -0.3 is 17.2 Å². The number of para-hydroxylation sites is 1. The van der Waals surface area contributed by atoms with Gasteiger partial charge in [0.15, 0.2) is 17.5 Å². The van der Waals surface area contributed by atoms with E-state index in [4.69, 9.17) is 17.2 Å². The number of rotatable bonds is 3. The summed E-state index contributed by atoms with van der Waals surface area (Å²) in [6.07, 6.45) is 0. The molecule has 0 saturated carbocycles. The van der Waals surface area contributed by atoms with E-state index in [1.807, 2.05) is 0 Å². The third-order valence-electron chi connectivity index (χ3n) is 4.22. The maximum absolute atomic E-state index is 14.5. The molecule has 0 aliphatic carbocycles. The van der Waals surface area contributed by atoms with Crippen molar-refractivity contribution in [3.8, 4) is 11.5 Å². The van der Waals surface area contributed by atoms with Gasteiger partial charge in [0.05, 0.1) is 6.54 Å². The monoisotopic (exact) mass is 367 g/mol. The fraction of sp³-hybridized carbons (Fsp3) is 0.0556. The molecule has 6 N–H and O–H groups in total. The van der Waals surface area contributed by atoms with Crippen LogP contribution in [0.1, 0.15) is 5.56 Å². The number of benzene rings is 2. The van der Waals surface area contributed by atoms with Crippen LogP contribution in [0.4, 0.5) is 26.1 Å². The number of nitrogens with zero attached hydrogens (tertiary/aromatic N) is 4. The molecule has 0 fully saturated rings. The molecule has 4 rings (SSSR count). The number of aromatic nitrogens is 4. The number of halogens is 2. The van der Waals surface area contributed by atoms with E-state index in [2.05, 4.69) is 15.1 Å². The Morgan fingerprint density at radius 2 is 1.52 bits per heavy atom. The lowest BCUT2D eigenvalue weighted by Crippen LogP contribution is -2.07. The molecule has 0 spiro atoms. The molecule has 0 atom stereocenters. The van der Waals surface area contributed by atoms with Gasteiger partial charge in [-0.25, -0.2) is 18.7 Å². The molecule has 27 heavy (non-hydrogen) atoms. The van der Waals surface area contributed by atoms with Crippen LogP contribution >= 0.6 is 0 Å². The predicted octanol–water partition coefficient (Wildman–Crippen LogP) is 2.57. The Morgan fingerprint density at radius 1 is 0.852 bits per heavy atom. The Morgan fingerprint density at radius 3 is 2.22 bits per heavy atom. The average molecular weight is 367 g/mol. The van der Waals surface area contributed by atoms with E-state index in [0.717, 1.165) is 0 Å². The lowest BCUT2D eigenvalue weighted by atomic mass is 10.2. The van der Waals surface area contributed by atoms with E-state index >= 15 is 0 Å². The molecule has 0 bridgehead atoms. The van der Waals surface area contributed by atoms with Gasteiger partial charge in [0.1, 0.15) is 28.5 Å². The van der Waals surface area contributed by atoms with Gasteiger partial charge in [-0.3, -0.25) is 4.68 Å². The molecule has 0 aliphatic heterocycles. The van der Waals surface area contributed by atoms with E-state index in [1.54, 1.807) is 30.3 Å². The van der Waals surface area contributed by atoms with Gasteiger partial charge in [-0.1, -0.05) is 30.3 Å². The van der Waals surface area contributed by atoms with Crippen molar-refractivity contribution in [1.82, 2.24) is 19.7 Å². The molecule has 0 amide bonds. The van der Waals surface area contributed by atoms with Crippen LogP contribution in [-0.2, 0) is 6.54 Å². The Bertz CT molecular complexity index is 1150. The topological polar surface area (TPSA) is 122 Å². The second kappa shape index (κ2) is 6.20. The Balaban J connectivity index is 1.93. The average Bonchev–Trinajstić information content (AvgIpc) is 3.01. The van der Waals surface area contributed by atoms with Gasteiger partial charge in [-0.2, -0.15) is 5.10 Å². The first-order chi connectivity index (χ1) is 13.0. The summed E-state index contributed by atoms with van der Waals surface area (Å²) in [6.45, 7) is 0.0318. The van der Waals surface area contributed by atoms with Gasteiger partial charge in [0.25, 0.3) is 0 Å². The largest absolute Gasteiger partial charge is 0.393 e. The van der Waals surface area contributed by atoms with E-state index in [0.29, 0.717) is 10.9 Å². The maximum atomic E-state index is 14.5. The van der Waals surface area contributed by atoms with Gasteiger partial charge in [0.2, 0.25) is 0 Å². The minimum atomic E-state index is -0.501. The molecule has 0 saturated heterocycles.